The molecular formula is C23H41NO2. The Morgan fingerprint density at radius 1 is 0.846 bits per heavy atom. The van der Waals surface area contributed by atoms with Gasteiger partial charge in [0.25, 0.3) is 0 Å². The van der Waals surface area contributed by atoms with Gasteiger partial charge in [0.15, 0.2) is 0 Å². The molecule has 1 unspecified atom stereocenters. The van der Waals surface area contributed by atoms with Crippen molar-refractivity contribution in [2.45, 2.75) is 89.6 Å². The van der Waals surface area contributed by atoms with Crippen molar-refractivity contribution in [3.05, 3.63) is 0 Å². The van der Waals surface area contributed by atoms with E-state index in [1.54, 1.807) is 0 Å². The Hall–Kier alpha value is -0.120. The lowest BCUT2D eigenvalue weighted by molar-refractivity contribution is -0.0238. The van der Waals surface area contributed by atoms with Gasteiger partial charge in [-0.05, 0) is 107 Å². The average molecular weight is 364 g/mol. The number of likely N-dealkylation sites (tertiary alicyclic amines) is 1. The molecule has 0 radical (unpaired) electrons. The van der Waals surface area contributed by atoms with E-state index in [4.69, 9.17) is 9.47 Å². The van der Waals surface area contributed by atoms with E-state index in [9.17, 15) is 0 Å². The molecule has 3 nitrogen and oxygen atoms in total. The fourth-order valence-electron chi connectivity index (χ4n) is 6.09. The molecule has 0 bridgehead atoms. The van der Waals surface area contributed by atoms with Crippen LogP contribution >= 0.6 is 0 Å². The van der Waals surface area contributed by atoms with Gasteiger partial charge < -0.3 is 14.4 Å². The summed E-state index contributed by atoms with van der Waals surface area (Å²) >= 11 is 0. The zero-order valence-corrected chi connectivity index (χ0v) is 16.9. The second kappa shape index (κ2) is 9.39. The van der Waals surface area contributed by atoms with E-state index in [0.29, 0.717) is 11.5 Å². The standard InChI is InChI=1S/C23H41NO2/c1-2-15-24(14-1)16-18-26-22-7-12-23(13-8-22)10-5-20(6-11-23)3-4-21-9-17-25-19-21/h20-22H,1-19H2. The summed E-state index contributed by atoms with van der Waals surface area (Å²) < 4.78 is 11.8. The average Bonchev–Trinajstić information content (AvgIpc) is 3.37. The molecule has 2 saturated heterocycles. The third-order valence-electron chi connectivity index (χ3n) is 8.13. The third kappa shape index (κ3) is 5.23. The van der Waals surface area contributed by atoms with Gasteiger partial charge in [0.05, 0.1) is 12.7 Å². The van der Waals surface area contributed by atoms with Crippen molar-refractivity contribution >= 4 is 0 Å². The molecule has 1 spiro atoms. The predicted molar refractivity (Wildman–Crippen MR) is 106 cm³/mol. The number of hydrogen-bond acceptors (Lipinski definition) is 3. The summed E-state index contributed by atoms with van der Waals surface area (Å²) in [6.07, 6.45) is 19.0. The lowest BCUT2D eigenvalue weighted by Crippen LogP contribution is -2.35. The Kier molecular flexibility index (Phi) is 6.93. The van der Waals surface area contributed by atoms with Gasteiger partial charge in [-0.3, -0.25) is 0 Å². The van der Waals surface area contributed by atoms with Crippen LogP contribution in [-0.2, 0) is 9.47 Å². The first-order valence-corrected chi connectivity index (χ1v) is 11.7. The first-order valence-electron chi connectivity index (χ1n) is 11.7. The Balaban J connectivity index is 1.10. The summed E-state index contributed by atoms with van der Waals surface area (Å²) in [7, 11) is 0. The van der Waals surface area contributed by atoms with E-state index < -0.39 is 0 Å². The van der Waals surface area contributed by atoms with Gasteiger partial charge in [-0.2, -0.15) is 0 Å². The largest absolute Gasteiger partial charge is 0.381 e. The summed E-state index contributed by atoms with van der Waals surface area (Å²) in [6.45, 7) is 6.77. The Bertz CT molecular complexity index is 396. The maximum absolute atomic E-state index is 6.24. The van der Waals surface area contributed by atoms with Crippen LogP contribution in [0.1, 0.15) is 83.5 Å². The lowest BCUT2D eigenvalue weighted by Gasteiger charge is -2.45. The highest BCUT2D eigenvalue weighted by atomic mass is 16.5. The van der Waals surface area contributed by atoms with Crippen LogP contribution < -0.4 is 0 Å². The van der Waals surface area contributed by atoms with Crippen LogP contribution in [0.2, 0.25) is 0 Å². The molecule has 26 heavy (non-hydrogen) atoms. The Labute approximate surface area is 161 Å². The molecule has 0 N–H and O–H groups in total. The smallest absolute Gasteiger partial charge is 0.0597 e. The van der Waals surface area contributed by atoms with Gasteiger partial charge in [0.2, 0.25) is 0 Å². The summed E-state index contributed by atoms with van der Waals surface area (Å²) in [5.41, 5.74) is 0.696. The van der Waals surface area contributed by atoms with E-state index in [0.717, 1.165) is 38.2 Å². The number of ether oxygens (including phenoxy) is 2. The zero-order valence-electron chi connectivity index (χ0n) is 16.9. The lowest BCUT2D eigenvalue weighted by atomic mass is 9.62. The SMILES string of the molecule is C1CCN(CCOC2CCC3(CCC(CCC4CCOC4)CC3)CC2)C1. The van der Waals surface area contributed by atoms with Crippen molar-refractivity contribution in [3.63, 3.8) is 0 Å². The van der Waals surface area contributed by atoms with Gasteiger partial charge in [-0.25, -0.2) is 0 Å². The van der Waals surface area contributed by atoms with Crippen LogP contribution in [0.4, 0.5) is 0 Å². The molecule has 2 saturated carbocycles. The van der Waals surface area contributed by atoms with E-state index >= 15 is 0 Å². The maximum Gasteiger partial charge on any atom is 0.0597 e. The molecule has 2 aliphatic heterocycles. The monoisotopic (exact) mass is 363 g/mol. The fourth-order valence-corrected chi connectivity index (χ4v) is 6.09. The molecule has 4 aliphatic rings. The summed E-state index contributed by atoms with van der Waals surface area (Å²) in [6, 6.07) is 0. The molecule has 150 valence electrons. The minimum atomic E-state index is 0.559. The zero-order chi connectivity index (χ0) is 17.7. The van der Waals surface area contributed by atoms with Crippen LogP contribution in [0.25, 0.3) is 0 Å². The van der Waals surface area contributed by atoms with Gasteiger partial charge in [0, 0.05) is 19.8 Å². The van der Waals surface area contributed by atoms with Crippen molar-refractivity contribution in [3.8, 4) is 0 Å². The highest BCUT2D eigenvalue weighted by Crippen LogP contribution is 2.50. The summed E-state index contributed by atoms with van der Waals surface area (Å²) in [5.74, 6) is 1.88. The molecule has 0 aromatic rings. The van der Waals surface area contributed by atoms with Gasteiger partial charge in [-0.15, -0.1) is 0 Å². The van der Waals surface area contributed by atoms with Crippen LogP contribution in [0.5, 0.6) is 0 Å². The maximum atomic E-state index is 6.24. The number of hydrogen-bond donors (Lipinski definition) is 0. The van der Waals surface area contributed by atoms with E-state index in [2.05, 4.69) is 4.90 Å². The molecular weight excluding hydrogens is 322 g/mol. The summed E-state index contributed by atoms with van der Waals surface area (Å²) in [4.78, 5) is 2.57. The highest BCUT2D eigenvalue weighted by Gasteiger charge is 2.38. The molecule has 0 aromatic carbocycles. The van der Waals surface area contributed by atoms with Crippen molar-refractivity contribution in [2.75, 3.05) is 39.5 Å². The second-order valence-corrected chi connectivity index (χ2v) is 9.87. The molecule has 1 atom stereocenters. The molecule has 4 fully saturated rings. The van der Waals surface area contributed by atoms with Crippen LogP contribution in [0.15, 0.2) is 0 Å². The molecule has 4 rings (SSSR count). The van der Waals surface area contributed by atoms with Crippen LogP contribution in [0, 0.1) is 17.3 Å². The highest BCUT2D eigenvalue weighted by molar-refractivity contribution is 4.90. The topological polar surface area (TPSA) is 21.7 Å². The summed E-state index contributed by atoms with van der Waals surface area (Å²) in [5, 5.41) is 0. The molecule has 2 heterocycles. The molecule has 3 heteroatoms. The number of nitrogens with zero attached hydrogens (tertiary/aromatic N) is 1. The van der Waals surface area contributed by atoms with E-state index in [1.807, 2.05) is 0 Å². The van der Waals surface area contributed by atoms with Crippen molar-refractivity contribution in [1.29, 1.82) is 0 Å². The third-order valence-corrected chi connectivity index (χ3v) is 8.13. The first kappa shape index (κ1) is 19.2. The van der Waals surface area contributed by atoms with Gasteiger partial charge >= 0.3 is 0 Å². The van der Waals surface area contributed by atoms with Crippen molar-refractivity contribution in [2.24, 2.45) is 17.3 Å². The predicted octanol–water partition coefficient (Wildman–Crippen LogP) is 5.03. The Morgan fingerprint density at radius 2 is 1.54 bits per heavy atom. The second-order valence-electron chi connectivity index (χ2n) is 9.87. The van der Waals surface area contributed by atoms with Crippen LogP contribution in [0.3, 0.4) is 0 Å². The van der Waals surface area contributed by atoms with Gasteiger partial charge in [-0.1, -0.05) is 6.42 Å². The minimum absolute atomic E-state index is 0.559. The fraction of sp³-hybridized carbons (Fsp3) is 1.00. The van der Waals surface area contributed by atoms with Crippen molar-refractivity contribution < 1.29 is 9.47 Å². The molecule has 2 aliphatic carbocycles. The van der Waals surface area contributed by atoms with E-state index in [1.165, 1.54) is 96.6 Å². The van der Waals surface area contributed by atoms with Crippen LogP contribution in [-0.4, -0.2) is 50.5 Å². The normalized spacial score (nSPS) is 39.0. The van der Waals surface area contributed by atoms with Crippen molar-refractivity contribution in [1.82, 2.24) is 4.90 Å². The first-order chi connectivity index (χ1) is 12.8. The van der Waals surface area contributed by atoms with E-state index in [-0.39, 0.29) is 0 Å². The number of rotatable bonds is 7. The van der Waals surface area contributed by atoms with Gasteiger partial charge in [0.1, 0.15) is 0 Å². The molecule has 0 amide bonds. The Morgan fingerprint density at radius 3 is 2.23 bits per heavy atom. The molecule has 0 aromatic heterocycles. The quantitative estimate of drug-likeness (QED) is 0.633. The minimum Gasteiger partial charge on any atom is -0.381 e.